The highest BCUT2D eigenvalue weighted by atomic mass is 16.2. The summed E-state index contributed by atoms with van der Waals surface area (Å²) in [6.07, 6.45) is 2.25. The Hall–Kier alpha value is -3.67. The highest BCUT2D eigenvalue weighted by Gasteiger charge is 2.44. The van der Waals surface area contributed by atoms with Crippen molar-refractivity contribution in [3.05, 3.63) is 34.9 Å². The average molecular weight is 450 g/mol. The third-order valence-corrected chi connectivity index (χ3v) is 6.19. The summed E-state index contributed by atoms with van der Waals surface area (Å²) in [5, 5.41) is 4.97. The van der Waals surface area contributed by atoms with Gasteiger partial charge in [-0.25, -0.2) is 4.79 Å². The molecule has 172 valence electrons. The number of imide groups is 2. The monoisotopic (exact) mass is 450 g/mol. The molecule has 9 nitrogen and oxygen atoms in total. The third-order valence-electron chi connectivity index (χ3n) is 6.19. The van der Waals surface area contributed by atoms with E-state index in [-0.39, 0.29) is 42.0 Å². The maximum absolute atomic E-state index is 12.9. The van der Waals surface area contributed by atoms with E-state index in [1.807, 2.05) is 0 Å². The lowest BCUT2D eigenvalue weighted by Crippen LogP contribution is -2.54. The van der Waals surface area contributed by atoms with Crippen molar-refractivity contribution >= 4 is 29.7 Å². The number of piperidine rings is 2. The van der Waals surface area contributed by atoms with Crippen LogP contribution in [-0.4, -0.2) is 65.1 Å². The molecule has 3 aliphatic rings. The van der Waals surface area contributed by atoms with Crippen LogP contribution < -0.4 is 10.6 Å². The molecule has 1 atom stereocenters. The van der Waals surface area contributed by atoms with E-state index in [0.29, 0.717) is 12.1 Å². The number of benzene rings is 1. The zero-order valence-electron chi connectivity index (χ0n) is 18.7. The molecule has 0 spiro atoms. The lowest BCUT2D eigenvalue weighted by molar-refractivity contribution is -0.136. The van der Waals surface area contributed by atoms with Crippen molar-refractivity contribution in [2.75, 3.05) is 19.6 Å². The molecular weight excluding hydrogens is 424 g/mol. The van der Waals surface area contributed by atoms with E-state index < -0.39 is 29.7 Å². The number of nitrogens with zero attached hydrogens (tertiary/aromatic N) is 2. The number of fused-ring (bicyclic) bond motifs is 1. The van der Waals surface area contributed by atoms with Crippen LogP contribution in [0.15, 0.2) is 18.2 Å². The molecule has 4 rings (SSSR count). The maximum atomic E-state index is 12.9. The van der Waals surface area contributed by atoms with Crippen molar-refractivity contribution in [2.45, 2.75) is 45.6 Å². The fraction of sp³-hybridized carbons (Fsp3) is 0.458. The van der Waals surface area contributed by atoms with E-state index in [1.165, 1.54) is 12.1 Å². The molecule has 0 saturated carbocycles. The predicted octanol–water partition coefficient (Wildman–Crippen LogP) is 1.27. The van der Waals surface area contributed by atoms with Gasteiger partial charge in [-0.1, -0.05) is 25.7 Å². The van der Waals surface area contributed by atoms with Crippen LogP contribution in [0, 0.1) is 17.3 Å². The van der Waals surface area contributed by atoms with Gasteiger partial charge >= 0.3 is 6.03 Å². The number of hydrogen-bond acceptors (Lipinski definition) is 5. The number of likely N-dealkylation sites (tertiary alicyclic amines) is 1. The first-order chi connectivity index (χ1) is 15.7. The van der Waals surface area contributed by atoms with Crippen LogP contribution in [0.1, 0.15) is 65.8 Å². The van der Waals surface area contributed by atoms with Gasteiger partial charge in [0, 0.05) is 25.1 Å². The number of urea groups is 1. The van der Waals surface area contributed by atoms with E-state index in [2.05, 4.69) is 36.3 Å². The van der Waals surface area contributed by atoms with Gasteiger partial charge < -0.3 is 10.2 Å². The summed E-state index contributed by atoms with van der Waals surface area (Å²) in [6.45, 7) is 5.88. The van der Waals surface area contributed by atoms with Gasteiger partial charge in [0.1, 0.15) is 6.04 Å². The topological polar surface area (TPSA) is 116 Å². The molecule has 0 aromatic heterocycles. The largest absolute Gasteiger partial charge is 0.327 e. The molecule has 33 heavy (non-hydrogen) atoms. The molecule has 0 radical (unpaired) electrons. The maximum Gasteiger partial charge on any atom is 0.318 e. The highest BCUT2D eigenvalue weighted by Crippen LogP contribution is 2.29. The van der Waals surface area contributed by atoms with E-state index in [1.54, 1.807) is 11.0 Å². The first-order valence-corrected chi connectivity index (χ1v) is 11.0. The van der Waals surface area contributed by atoms with Crippen LogP contribution in [-0.2, 0) is 9.59 Å². The number of rotatable bonds is 2. The van der Waals surface area contributed by atoms with Crippen molar-refractivity contribution in [1.82, 2.24) is 20.4 Å². The zero-order chi connectivity index (χ0) is 23.8. The summed E-state index contributed by atoms with van der Waals surface area (Å²) in [7, 11) is 0. The number of carbonyl (C=O) groups excluding carboxylic acids is 5. The quantitative estimate of drug-likeness (QED) is 0.520. The normalized spacial score (nSPS) is 21.8. The molecular formula is C24H26N4O5. The van der Waals surface area contributed by atoms with Crippen molar-refractivity contribution in [3.63, 3.8) is 0 Å². The molecule has 9 heteroatoms. The van der Waals surface area contributed by atoms with Gasteiger partial charge in [-0.15, -0.1) is 0 Å². The molecule has 1 aromatic carbocycles. The van der Waals surface area contributed by atoms with Gasteiger partial charge in [0.15, 0.2) is 0 Å². The molecule has 2 saturated heterocycles. The summed E-state index contributed by atoms with van der Waals surface area (Å²) in [5.41, 5.74) is 1.01. The smallest absolute Gasteiger partial charge is 0.318 e. The van der Waals surface area contributed by atoms with E-state index in [4.69, 9.17) is 0 Å². The molecule has 6 amide bonds. The van der Waals surface area contributed by atoms with Gasteiger partial charge in [-0.05, 0) is 42.9 Å². The molecule has 2 N–H and O–H groups in total. The fourth-order valence-corrected chi connectivity index (χ4v) is 4.52. The van der Waals surface area contributed by atoms with Crippen LogP contribution in [0.5, 0.6) is 0 Å². The van der Waals surface area contributed by atoms with Gasteiger partial charge in [0.25, 0.3) is 11.8 Å². The Morgan fingerprint density at radius 3 is 2.67 bits per heavy atom. The van der Waals surface area contributed by atoms with Crippen molar-refractivity contribution in [2.24, 2.45) is 5.41 Å². The van der Waals surface area contributed by atoms with Gasteiger partial charge in [0.05, 0.1) is 17.7 Å². The molecule has 2 fully saturated rings. The minimum absolute atomic E-state index is 0.0706. The second kappa shape index (κ2) is 8.70. The standard InChI is InChI=1S/C24H26N4O5/c1-24(2)10-4-12-27(14-24)23(33)25-11-3-5-15-6-7-16-17(13-15)22(32)28(21(16)31)18-8-9-19(29)26-20(18)30/h6-7,13,18H,4,8-12,14H2,1-2H3,(H,25,33)(H,26,29,30). The van der Waals surface area contributed by atoms with Gasteiger partial charge in [0.2, 0.25) is 11.8 Å². The Morgan fingerprint density at radius 1 is 1.18 bits per heavy atom. The van der Waals surface area contributed by atoms with E-state index in [9.17, 15) is 24.0 Å². The second-order valence-corrected chi connectivity index (χ2v) is 9.36. The Morgan fingerprint density at radius 2 is 1.94 bits per heavy atom. The Labute approximate surface area is 191 Å². The van der Waals surface area contributed by atoms with Crippen LogP contribution in [0.3, 0.4) is 0 Å². The highest BCUT2D eigenvalue weighted by molar-refractivity contribution is 6.23. The minimum Gasteiger partial charge on any atom is -0.327 e. The second-order valence-electron chi connectivity index (χ2n) is 9.36. The summed E-state index contributed by atoms with van der Waals surface area (Å²) in [4.78, 5) is 64.2. The summed E-state index contributed by atoms with van der Waals surface area (Å²) in [5.74, 6) is 3.59. The fourth-order valence-electron chi connectivity index (χ4n) is 4.52. The van der Waals surface area contributed by atoms with Crippen molar-refractivity contribution in [3.8, 4) is 11.8 Å². The first-order valence-electron chi connectivity index (χ1n) is 11.0. The summed E-state index contributed by atoms with van der Waals surface area (Å²) < 4.78 is 0. The predicted molar refractivity (Wildman–Crippen MR) is 118 cm³/mol. The zero-order valence-corrected chi connectivity index (χ0v) is 18.7. The number of hydrogen-bond donors (Lipinski definition) is 2. The SMILES string of the molecule is CC1(C)CCCN(C(=O)NCC#Cc2ccc3c(c2)C(=O)N(C2CCC(=O)NC2=O)C3=O)C1. The number of amides is 6. The van der Waals surface area contributed by atoms with Crippen molar-refractivity contribution in [1.29, 1.82) is 0 Å². The Balaban J connectivity index is 1.40. The van der Waals surface area contributed by atoms with Crippen LogP contribution in [0.25, 0.3) is 0 Å². The molecule has 1 unspecified atom stereocenters. The van der Waals surface area contributed by atoms with E-state index in [0.717, 1.165) is 24.3 Å². The summed E-state index contributed by atoms with van der Waals surface area (Å²) >= 11 is 0. The lowest BCUT2D eigenvalue weighted by atomic mass is 9.84. The van der Waals surface area contributed by atoms with Gasteiger partial charge in [-0.2, -0.15) is 0 Å². The summed E-state index contributed by atoms with van der Waals surface area (Å²) in [6, 6.07) is 3.51. The average Bonchev–Trinajstić information content (AvgIpc) is 3.00. The molecule has 3 heterocycles. The van der Waals surface area contributed by atoms with Crippen LogP contribution in [0.2, 0.25) is 0 Å². The Kier molecular flexibility index (Phi) is 5.93. The van der Waals surface area contributed by atoms with E-state index >= 15 is 0 Å². The van der Waals surface area contributed by atoms with Crippen LogP contribution in [0.4, 0.5) is 4.79 Å². The lowest BCUT2D eigenvalue weighted by Gasteiger charge is -2.37. The van der Waals surface area contributed by atoms with Crippen LogP contribution >= 0.6 is 0 Å². The van der Waals surface area contributed by atoms with Gasteiger partial charge in [-0.3, -0.25) is 29.4 Å². The molecule has 3 aliphatic heterocycles. The molecule has 0 aliphatic carbocycles. The van der Waals surface area contributed by atoms with Crippen molar-refractivity contribution < 1.29 is 24.0 Å². The molecule has 1 aromatic rings. The number of carbonyl (C=O) groups is 5. The first kappa shape index (κ1) is 22.5. The number of nitrogens with one attached hydrogen (secondary N) is 2. The minimum atomic E-state index is -1.00. The Bertz CT molecular complexity index is 1110. The molecule has 0 bridgehead atoms. The third kappa shape index (κ3) is 4.60.